The van der Waals surface area contributed by atoms with E-state index in [-0.39, 0.29) is 12.1 Å². The van der Waals surface area contributed by atoms with Crippen LogP contribution in [0, 0.1) is 6.92 Å². The maximum atomic E-state index is 11.3. The first-order valence-corrected chi connectivity index (χ1v) is 8.67. The van der Waals surface area contributed by atoms with Crippen LogP contribution in [0.25, 0.3) is 0 Å². The van der Waals surface area contributed by atoms with Gasteiger partial charge < -0.3 is 9.84 Å². The van der Waals surface area contributed by atoms with Crippen molar-refractivity contribution in [1.29, 1.82) is 0 Å². The summed E-state index contributed by atoms with van der Waals surface area (Å²) in [7, 11) is 0. The van der Waals surface area contributed by atoms with Crippen LogP contribution in [0.4, 0.5) is 0 Å². The minimum atomic E-state index is -0.849. The second-order valence-electron chi connectivity index (χ2n) is 7.16. The van der Waals surface area contributed by atoms with Crippen molar-refractivity contribution in [3.63, 3.8) is 0 Å². The minimum Gasteiger partial charge on any atom is -0.383 e. The predicted octanol–water partition coefficient (Wildman–Crippen LogP) is 2.64. The van der Waals surface area contributed by atoms with Crippen LogP contribution < -0.4 is 0 Å². The predicted molar refractivity (Wildman–Crippen MR) is 92.5 cm³/mol. The third-order valence-electron chi connectivity index (χ3n) is 5.31. The lowest BCUT2D eigenvalue weighted by molar-refractivity contribution is -0.151. The van der Waals surface area contributed by atoms with Gasteiger partial charge in [0, 0.05) is 24.8 Å². The fourth-order valence-electron chi connectivity index (χ4n) is 4.10. The summed E-state index contributed by atoms with van der Waals surface area (Å²) >= 11 is 0. The molecule has 24 heavy (non-hydrogen) atoms. The molecule has 2 aliphatic rings. The van der Waals surface area contributed by atoms with E-state index in [1.54, 1.807) is 6.20 Å². The number of aliphatic hydroxyl groups is 1. The van der Waals surface area contributed by atoms with Crippen molar-refractivity contribution >= 4 is 0 Å². The van der Waals surface area contributed by atoms with Crippen molar-refractivity contribution in [3.05, 3.63) is 65.5 Å². The summed E-state index contributed by atoms with van der Waals surface area (Å²) in [5.41, 5.74) is 2.41. The van der Waals surface area contributed by atoms with Crippen molar-refractivity contribution in [2.24, 2.45) is 0 Å². The van der Waals surface area contributed by atoms with E-state index in [0.29, 0.717) is 26.1 Å². The fourth-order valence-corrected chi connectivity index (χ4v) is 4.10. The van der Waals surface area contributed by atoms with Crippen LogP contribution in [0.1, 0.15) is 29.7 Å². The number of hydrogen-bond donors (Lipinski definition) is 1. The standard InChI is InChI=1S/C20H24N2O2/c1-15-7-8-21-19(9-15)20(23)10-17-13-24-14-18(11-20)22(17)12-16-5-3-2-4-6-16/h2-9,17-18,23H,10-14H2,1H3. The molecule has 1 aromatic carbocycles. The third-order valence-corrected chi connectivity index (χ3v) is 5.31. The highest BCUT2D eigenvalue weighted by atomic mass is 16.5. The van der Waals surface area contributed by atoms with Gasteiger partial charge in [-0.2, -0.15) is 0 Å². The molecule has 3 heterocycles. The normalized spacial score (nSPS) is 30.2. The van der Waals surface area contributed by atoms with Crippen LogP contribution in [-0.2, 0) is 16.9 Å². The number of hydrogen-bond acceptors (Lipinski definition) is 4. The molecule has 2 fully saturated rings. The quantitative estimate of drug-likeness (QED) is 0.943. The Balaban J connectivity index is 1.58. The van der Waals surface area contributed by atoms with Gasteiger partial charge in [0.05, 0.1) is 18.9 Å². The molecule has 2 unspecified atom stereocenters. The van der Waals surface area contributed by atoms with Crippen LogP contribution in [-0.4, -0.2) is 40.3 Å². The van der Waals surface area contributed by atoms with Crippen LogP contribution >= 0.6 is 0 Å². The highest BCUT2D eigenvalue weighted by Crippen LogP contribution is 2.41. The number of aryl methyl sites for hydroxylation is 1. The Morgan fingerprint density at radius 2 is 1.88 bits per heavy atom. The van der Waals surface area contributed by atoms with Crippen molar-refractivity contribution in [2.75, 3.05) is 13.2 Å². The summed E-state index contributed by atoms with van der Waals surface area (Å²) < 4.78 is 5.78. The largest absolute Gasteiger partial charge is 0.383 e. The number of morpholine rings is 1. The molecule has 0 amide bonds. The van der Waals surface area contributed by atoms with E-state index in [4.69, 9.17) is 4.74 Å². The molecule has 2 aliphatic heterocycles. The number of ether oxygens (including phenoxy) is 1. The highest BCUT2D eigenvalue weighted by molar-refractivity contribution is 5.23. The molecule has 4 nitrogen and oxygen atoms in total. The number of piperidine rings is 1. The van der Waals surface area contributed by atoms with Crippen LogP contribution in [0.5, 0.6) is 0 Å². The lowest BCUT2D eigenvalue weighted by Crippen LogP contribution is -2.60. The van der Waals surface area contributed by atoms with E-state index in [1.807, 2.05) is 25.1 Å². The Labute approximate surface area is 143 Å². The van der Waals surface area contributed by atoms with Gasteiger partial charge in [-0.25, -0.2) is 0 Å². The van der Waals surface area contributed by atoms with Crippen molar-refractivity contribution in [1.82, 2.24) is 9.88 Å². The van der Waals surface area contributed by atoms with Crippen LogP contribution in [0.2, 0.25) is 0 Å². The molecule has 2 saturated heterocycles. The maximum absolute atomic E-state index is 11.3. The summed E-state index contributed by atoms with van der Waals surface area (Å²) in [6.45, 7) is 4.31. The first-order chi connectivity index (χ1) is 11.6. The number of fused-ring (bicyclic) bond motifs is 2. The molecule has 2 atom stereocenters. The molecule has 1 aromatic heterocycles. The zero-order valence-corrected chi connectivity index (χ0v) is 14.1. The fraction of sp³-hybridized carbons (Fsp3) is 0.450. The van der Waals surface area contributed by atoms with Gasteiger partial charge in [0.1, 0.15) is 5.60 Å². The zero-order chi connectivity index (χ0) is 16.6. The lowest BCUT2D eigenvalue weighted by Gasteiger charge is -2.51. The topological polar surface area (TPSA) is 45.6 Å². The summed E-state index contributed by atoms with van der Waals surface area (Å²) in [6, 6.07) is 15.0. The highest BCUT2D eigenvalue weighted by Gasteiger charge is 2.47. The van der Waals surface area contributed by atoms with Crippen LogP contribution in [0.15, 0.2) is 48.7 Å². The second kappa shape index (κ2) is 6.28. The van der Waals surface area contributed by atoms with E-state index in [9.17, 15) is 5.11 Å². The molecule has 0 saturated carbocycles. The van der Waals surface area contributed by atoms with Crippen molar-refractivity contribution in [3.8, 4) is 0 Å². The van der Waals surface area contributed by atoms with E-state index < -0.39 is 5.60 Å². The van der Waals surface area contributed by atoms with Gasteiger partial charge >= 0.3 is 0 Å². The third kappa shape index (κ3) is 2.97. The number of pyridine rings is 1. The molecule has 4 rings (SSSR count). The summed E-state index contributed by atoms with van der Waals surface area (Å²) in [5.74, 6) is 0. The first kappa shape index (κ1) is 15.8. The zero-order valence-electron chi connectivity index (χ0n) is 14.1. The van der Waals surface area contributed by atoms with E-state index >= 15 is 0 Å². The Morgan fingerprint density at radius 1 is 1.17 bits per heavy atom. The molecule has 0 radical (unpaired) electrons. The molecular weight excluding hydrogens is 300 g/mol. The monoisotopic (exact) mass is 324 g/mol. The number of nitrogens with zero attached hydrogens (tertiary/aromatic N) is 2. The smallest absolute Gasteiger partial charge is 0.110 e. The average molecular weight is 324 g/mol. The van der Waals surface area contributed by atoms with Gasteiger partial charge in [-0.15, -0.1) is 0 Å². The summed E-state index contributed by atoms with van der Waals surface area (Å²) in [6.07, 6.45) is 3.14. The van der Waals surface area contributed by atoms with Crippen molar-refractivity contribution < 1.29 is 9.84 Å². The van der Waals surface area contributed by atoms with Gasteiger partial charge in [-0.3, -0.25) is 9.88 Å². The molecule has 1 N–H and O–H groups in total. The lowest BCUT2D eigenvalue weighted by atomic mass is 9.78. The van der Waals surface area contributed by atoms with E-state index in [2.05, 4.69) is 34.1 Å². The molecule has 126 valence electrons. The molecule has 0 aliphatic carbocycles. The van der Waals surface area contributed by atoms with Gasteiger partial charge in [0.2, 0.25) is 0 Å². The first-order valence-electron chi connectivity index (χ1n) is 8.67. The summed E-state index contributed by atoms with van der Waals surface area (Å²) in [4.78, 5) is 6.97. The number of rotatable bonds is 3. The SMILES string of the molecule is Cc1ccnc(C2(O)CC3COCC(C2)N3Cc2ccccc2)c1. The molecule has 2 aromatic rings. The second-order valence-corrected chi connectivity index (χ2v) is 7.16. The summed E-state index contributed by atoms with van der Waals surface area (Å²) in [5, 5.41) is 11.3. The molecular formula is C20H24N2O2. The Bertz CT molecular complexity index is 690. The van der Waals surface area contributed by atoms with Gasteiger partial charge in [0.25, 0.3) is 0 Å². The molecule has 0 spiro atoms. The molecule has 4 heteroatoms. The van der Waals surface area contributed by atoms with Gasteiger partial charge in [-0.05, 0) is 43.0 Å². The van der Waals surface area contributed by atoms with Gasteiger partial charge in [0.15, 0.2) is 0 Å². The van der Waals surface area contributed by atoms with Gasteiger partial charge in [-0.1, -0.05) is 30.3 Å². The average Bonchev–Trinajstić information content (AvgIpc) is 2.57. The maximum Gasteiger partial charge on any atom is 0.110 e. The Morgan fingerprint density at radius 3 is 2.54 bits per heavy atom. The Hall–Kier alpha value is -1.75. The van der Waals surface area contributed by atoms with E-state index in [0.717, 1.165) is 17.8 Å². The van der Waals surface area contributed by atoms with E-state index in [1.165, 1.54) is 5.56 Å². The molecule has 2 bridgehead atoms. The number of aromatic nitrogens is 1. The van der Waals surface area contributed by atoms with Crippen molar-refractivity contribution in [2.45, 2.75) is 44.0 Å². The van der Waals surface area contributed by atoms with Crippen LogP contribution in [0.3, 0.4) is 0 Å². The minimum absolute atomic E-state index is 0.227. The Kier molecular flexibility index (Phi) is 4.12. The number of benzene rings is 1.